The number of rotatable bonds is 5. The minimum Gasteiger partial charge on any atom is -0.364 e. The van der Waals surface area contributed by atoms with Crippen LogP contribution < -0.4 is 22.2 Å². The molecule has 10 heteroatoms. The Bertz CT molecular complexity index is 1120. The van der Waals surface area contributed by atoms with E-state index in [1.807, 2.05) is 6.07 Å². The van der Waals surface area contributed by atoms with Gasteiger partial charge in [0.05, 0.1) is 6.04 Å². The molecule has 1 fully saturated rings. The maximum absolute atomic E-state index is 12.5. The van der Waals surface area contributed by atoms with Gasteiger partial charge in [-0.3, -0.25) is 9.59 Å². The topological polar surface area (TPSA) is 141 Å². The van der Waals surface area contributed by atoms with Crippen molar-refractivity contribution in [1.29, 1.82) is 0 Å². The number of carbonyl (C=O) groups excluding carboxylic acids is 2. The summed E-state index contributed by atoms with van der Waals surface area (Å²) in [7, 11) is 0. The number of hydrogen-bond acceptors (Lipinski definition) is 6. The molecule has 4 rings (SSSR count). The average molecular weight is 531 g/mol. The number of carbonyl (C=O) groups is 2. The van der Waals surface area contributed by atoms with E-state index >= 15 is 0 Å². The first kappa shape index (κ1) is 21.2. The summed E-state index contributed by atoms with van der Waals surface area (Å²) in [5.41, 5.74) is 7.25. The SMILES string of the molecule is NC(=O)c1c(-c2ccc(C(=O)Nc3cc(I)ccn3)cc2)nc([C@@H]2CCCCN2)n1N. The first-order valence-electron chi connectivity index (χ1n) is 9.88. The van der Waals surface area contributed by atoms with Gasteiger partial charge in [-0.05, 0) is 66.2 Å². The molecular weight excluding hydrogens is 509 g/mol. The standard InChI is InChI=1S/C21H22IN7O2/c22-14-8-10-26-16(11-14)27-21(31)13-6-4-12(5-7-13)17-18(19(23)30)29(24)20(28-17)15-3-1-2-9-25-15/h4-8,10-11,15,25H,1-3,9,24H2,(H2,23,30)(H,26,27,31)/t15-/m0/s1. The monoisotopic (exact) mass is 531 g/mol. The molecule has 1 aliphatic heterocycles. The van der Waals surface area contributed by atoms with Gasteiger partial charge in [-0.15, -0.1) is 0 Å². The summed E-state index contributed by atoms with van der Waals surface area (Å²) in [6, 6.07) is 10.4. The highest BCUT2D eigenvalue weighted by atomic mass is 127. The fourth-order valence-electron chi connectivity index (χ4n) is 3.65. The summed E-state index contributed by atoms with van der Waals surface area (Å²) in [6.45, 7) is 0.873. The summed E-state index contributed by atoms with van der Waals surface area (Å²) in [5, 5.41) is 6.15. The first-order chi connectivity index (χ1) is 14.9. The molecule has 3 heterocycles. The lowest BCUT2D eigenvalue weighted by Gasteiger charge is -2.22. The number of imidazole rings is 1. The minimum atomic E-state index is -0.654. The highest BCUT2D eigenvalue weighted by Crippen LogP contribution is 2.29. The molecule has 3 aromatic rings. The maximum atomic E-state index is 12.5. The number of amides is 2. The molecule has 0 bridgehead atoms. The second-order valence-electron chi connectivity index (χ2n) is 7.29. The van der Waals surface area contributed by atoms with Crippen molar-refractivity contribution < 1.29 is 9.59 Å². The van der Waals surface area contributed by atoms with Crippen molar-refractivity contribution in [2.24, 2.45) is 5.73 Å². The summed E-state index contributed by atoms with van der Waals surface area (Å²) in [6.07, 6.45) is 4.68. The molecule has 2 aromatic heterocycles. The lowest BCUT2D eigenvalue weighted by atomic mass is 10.0. The second kappa shape index (κ2) is 9.02. The number of hydrogen-bond donors (Lipinski definition) is 4. The number of anilines is 1. The zero-order chi connectivity index (χ0) is 22.0. The maximum Gasteiger partial charge on any atom is 0.269 e. The first-order valence-corrected chi connectivity index (χ1v) is 11.0. The van der Waals surface area contributed by atoms with E-state index < -0.39 is 5.91 Å². The zero-order valence-electron chi connectivity index (χ0n) is 16.6. The smallest absolute Gasteiger partial charge is 0.269 e. The number of primary amides is 1. The van der Waals surface area contributed by atoms with Crippen molar-refractivity contribution in [2.45, 2.75) is 25.3 Å². The zero-order valence-corrected chi connectivity index (χ0v) is 18.8. The third kappa shape index (κ3) is 4.54. The van der Waals surface area contributed by atoms with Gasteiger partial charge in [0.2, 0.25) is 0 Å². The highest BCUT2D eigenvalue weighted by molar-refractivity contribution is 14.1. The number of nitrogens with zero attached hydrogens (tertiary/aromatic N) is 3. The van der Waals surface area contributed by atoms with Crippen LogP contribution in [0.25, 0.3) is 11.3 Å². The van der Waals surface area contributed by atoms with E-state index in [1.54, 1.807) is 36.5 Å². The average Bonchev–Trinajstić information content (AvgIpc) is 3.12. The van der Waals surface area contributed by atoms with Gasteiger partial charge in [0.1, 0.15) is 17.3 Å². The lowest BCUT2D eigenvalue weighted by molar-refractivity contribution is 0.0991. The van der Waals surface area contributed by atoms with Crippen LogP contribution in [0.15, 0.2) is 42.6 Å². The van der Waals surface area contributed by atoms with Crippen LogP contribution in [0.4, 0.5) is 5.82 Å². The van der Waals surface area contributed by atoms with Crippen molar-refractivity contribution in [3.8, 4) is 11.3 Å². The minimum absolute atomic E-state index is 0.0307. The van der Waals surface area contributed by atoms with Crippen LogP contribution in [0, 0.1) is 3.57 Å². The van der Waals surface area contributed by atoms with E-state index in [-0.39, 0.29) is 17.6 Å². The van der Waals surface area contributed by atoms with Crippen molar-refractivity contribution >= 4 is 40.2 Å². The molecule has 1 atom stereocenters. The van der Waals surface area contributed by atoms with Crippen molar-refractivity contribution in [3.05, 3.63) is 63.2 Å². The Labute approximate surface area is 192 Å². The third-order valence-electron chi connectivity index (χ3n) is 5.18. The summed E-state index contributed by atoms with van der Waals surface area (Å²) < 4.78 is 2.25. The van der Waals surface area contributed by atoms with Gasteiger partial charge in [0, 0.05) is 20.9 Å². The van der Waals surface area contributed by atoms with Crippen LogP contribution in [-0.4, -0.2) is 33.0 Å². The molecule has 0 aliphatic carbocycles. The summed E-state index contributed by atoms with van der Waals surface area (Å²) >= 11 is 2.15. The quantitative estimate of drug-likeness (QED) is 0.295. The highest BCUT2D eigenvalue weighted by Gasteiger charge is 2.27. The van der Waals surface area contributed by atoms with Gasteiger partial charge in [0.15, 0.2) is 5.69 Å². The molecule has 160 valence electrons. The van der Waals surface area contributed by atoms with E-state index in [2.05, 4.69) is 43.2 Å². The van der Waals surface area contributed by atoms with Crippen LogP contribution in [0.2, 0.25) is 0 Å². The molecule has 1 saturated heterocycles. The van der Waals surface area contributed by atoms with E-state index in [0.29, 0.717) is 28.5 Å². The Balaban J connectivity index is 1.61. The molecule has 1 aliphatic rings. The van der Waals surface area contributed by atoms with E-state index in [1.165, 1.54) is 4.68 Å². The Kier molecular flexibility index (Phi) is 6.18. The molecule has 0 radical (unpaired) electrons. The molecular formula is C21H22IN7O2. The number of nitrogen functional groups attached to an aromatic ring is 1. The number of halogens is 1. The van der Waals surface area contributed by atoms with Crippen LogP contribution in [0.5, 0.6) is 0 Å². The Hall–Kier alpha value is -2.99. The van der Waals surface area contributed by atoms with Crippen molar-refractivity contribution in [3.63, 3.8) is 0 Å². The molecule has 1 aromatic carbocycles. The predicted octanol–water partition coefficient (Wildman–Crippen LogP) is 2.43. The number of nitrogens with one attached hydrogen (secondary N) is 2. The molecule has 0 saturated carbocycles. The van der Waals surface area contributed by atoms with Gasteiger partial charge in [-0.25, -0.2) is 14.6 Å². The second-order valence-corrected chi connectivity index (χ2v) is 8.54. The fraction of sp³-hybridized carbons (Fsp3) is 0.238. The largest absolute Gasteiger partial charge is 0.364 e. The predicted molar refractivity (Wildman–Crippen MR) is 126 cm³/mol. The lowest BCUT2D eigenvalue weighted by Crippen LogP contribution is -2.32. The normalized spacial score (nSPS) is 16.1. The van der Waals surface area contributed by atoms with Crippen molar-refractivity contribution in [2.75, 3.05) is 17.7 Å². The van der Waals surface area contributed by atoms with E-state index in [0.717, 1.165) is 29.4 Å². The van der Waals surface area contributed by atoms with E-state index in [9.17, 15) is 9.59 Å². The van der Waals surface area contributed by atoms with Crippen molar-refractivity contribution in [1.82, 2.24) is 20.0 Å². The molecule has 2 amide bonds. The van der Waals surface area contributed by atoms with Crippen LogP contribution in [0.3, 0.4) is 0 Å². The van der Waals surface area contributed by atoms with Gasteiger partial charge < -0.3 is 22.2 Å². The molecule has 0 spiro atoms. The Morgan fingerprint density at radius 3 is 2.61 bits per heavy atom. The van der Waals surface area contributed by atoms with Gasteiger partial charge >= 0.3 is 0 Å². The molecule has 0 unspecified atom stereocenters. The molecule has 9 nitrogen and oxygen atoms in total. The van der Waals surface area contributed by atoms with Gasteiger partial charge in [-0.1, -0.05) is 18.6 Å². The molecule has 6 N–H and O–H groups in total. The number of benzene rings is 1. The van der Waals surface area contributed by atoms with Gasteiger partial charge in [-0.2, -0.15) is 0 Å². The Morgan fingerprint density at radius 2 is 1.97 bits per heavy atom. The summed E-state index contributed by atoms with van der Waals surface area (Å²) in [5.74, 6) is 6.31. The number of pyridine rings is 1. The van der Waals surface area contributed by atoms with Gasteiger partial charge in [0.25, 0.3) is 11.8 Å². The molecule has 31 heavy (non-hydrogen) atoms. The van der Waals surface area contributed by atoms with E-state index in [4.69, 9.17) is 11.6 Å². The number of aromatic nitrogens is 3. The number of nitrogens with two attached hydrogens (primary N) is 2. The fourth-order valence-corrected chi connectivity index (χ4v) is 4.10. The van der Waals surface area contributed by atoms with Crippen LogP contribution in [-0.2, 0) is 0 Å². The Morgan fingerprint density at radius 1 is 1.19 bits per heavy atom. The third-order valence-corrected chi connectivity index (χ3v) is 5.85. The van der Waals surface area contributed by atoms with Crippen LogP contribution in [0.1, 0.15) is 52.0 Å². The number of piperidine rings is 1. The summed E-state index contributed by atoms with van der Waals surface area (Å²) in [4.78, 5) is 33.4. The van der Waals surface area contributed by atoms with Crippen LogP contribution >= 0.6 is 22.6 Å².